The second-order valence-electron chi connectivity index (χ2n) is 4.47. The van der Waals surface area contributed by atoms with Crippen molar-refractivity contribution in [1.82, 2.24) is 0 Å². The van der Waals surface area contributed by atoms with Gasteiger partial charge in [-0.15, -0.1) is 0 Å². The SMILES string of the molecule is CCC[CH2][Sn+2][CH2]CCC.COC(OC)/C(=C/C(=O)[O-])C(=O)[O-]. The number of carboxylic acid groups (broad SMARTS) is 2. The van der Waals surface area contributed by atoms with E-state index >= 15 is 0 Å². The van der Waals surface area contributed by atoms with Gasteiger partial charge in [-0.05, 0) is 6.08 Å². The van der Waals surface area contributed by atoms with Crippen LogP contribution in [0.1, 0.15) is 39.5 Å². The molecule has 0 heterocycles. The average Bonchev–Trinajstić information content (AvgIpc) is 2.47. The molecule has 0 bridgehead atoms. The van der Waals surface area contributed by atoms with Crippen molar-refractivity contribution in [3.8, 4) is 0 Å². The Bertz CT molecular complexity index is 320. The van der Waals surface area contributed by atoms with Gasteiger partial charge >= 0.3 is 69.5 Å². The van der Waals surface area contributed by atoms with Crippen molar-refractivity contribution in [1.29, 1.82) is 0 Å². The predicted octanol–water partition coefficient (Wildman–Crippen LogP) is 0.159. The van der Waals surface area contributed by atoms with Crippen LogP contribution in [-0.2, 0) is 19.1 Å². The average molecular weight is 421 g/mol. The van der Waals surface area contributed by atoms with Gasteiger partial charge in [0, 0.05) is 19.8 Å². The Morgan fingerprint density at radius 2 is 1.50 bits per heavy atom. The van der Waals surface area contributed by atoms with Crippen LogP contribution in [0.3, 0.4) is 0 Å². The van der Waals surface area contributed by atoms with E-state index in [0.717, 1.165) is 0 Å². The number of ether oxygens (including phenoxy) is 2. The van der Waals surface area contributed by atoms with Crippen molar-refractivity contribution in [3.63, 3.8) is 0 Å². The standard InChI is InChI=1S/C7H10O6.2C4H9.Sn/c1-12-7(13-2)4(6(10)11)3-5(8)9;2*1-3-4-2;/h3,7H,1-2H3,(H,8,9)(H,10,11);2*1,3-4H2,2H3;/q;;;+2/p-2/b4-3+;;;. The van der Waals surface area contributed by atoms with Crippen LogP contribution in [0.5, 0.6) is 0 Å². The maximum absolute atomic E-state index is 10.4. The molecule has 0 aliphatic rings. The van der Waals surface area contributed by atoms with Crippen LogP contribution in [0.25, 0.3) is 0 Å². The van der Waals surface area contributed by atoms with Crippen LogP contribution in [0, 0.1) is 0 Å². The molecule has 0 spiro atoms. The first-order chi connectivity index (χ1) is 10.4. The van der Waals surface area contributed by atoms with Gasteiger partial charge in [-0.2, -0.15) is 0 Å². The van der Waals surface area contributed by atoms with Gasteiger partial charge < -0.3 is 29.3 Å². The van der Waals surface area contributed by atoms with Crippen molar-refractivity contribution < 1.29 is 29.3 Å². The van der Waals surface area contributed by atoms with Gasteiger partial charge in [0.2, 0.25) is 0 Å². The normalized spacial score (nSPS) is 10.7. The summed E-state index contributed by atoms with van der Waals surface area (Å²) in [7, 11) is 2.33. The van der Waals surface area contributed by atoms with E-state index in [9.17, 15) is 19.8 Å². The summed E-state index contributed by atoms with van der Waals surface area (Å²) >= 11 is 0.149. The molecular formula is C15H26O6Sn. The molecule has 0 saturated heterocycles. The van der Waals surface area contributed by atoms with E-state index in [1.54, 1.807) is 8.87 Å². The van der Waals surface area contributed by atoms with Crippen LogP contribution >= 0.6 is 0 Å². The maximum Gasteiger partial charge on any atom is 0.184 e. The summed E-state index contributed by atoms with van der Waals surface area (Å²) in [5.74, 6) is -3.34. The molecule has 0 amide bonds. The van der Waals surface area contributed by atoms with Gasteiger partial charge in [-0.1, -0.05) is 0 Å². The number of methoxy groups -OCH3 is 2. The number of carbonyl (C=O) groups excluding carboxylic acids is 2. The number of hydrogen-bond acceptors (Lipinski definition) is 6. The zero-order valence-corrected chi connectivity index (χ0v) is 16.7. The molecule has 0 fully saturated rings. The van der Waals surface area contributed by atoms with Gasteiger partial charge in [0.15, 0.2) is 6.29 Å². The molecule has 0 aliphatic carbocycles. The predicted molar refractivity (Wildman–Crippen MR) is 81.1 cm³/mol. The quantitative estimate of drug-likeness (QED) is 0.204. The smallest absolute Gasteiger partial charge is 0.184 e. The molecular weight excluding hydrogens is 395 g/mol. The molecule has 0 saturated carbocycles. The molecule has 0 atom stereocenters. The molecule has 0 radical (unpaired) electrons. The largest absolute Gasteiger partial charge is 0.545 e. The number of carboxylic acids is 2. The van der Waals surface area contributed by atoms with Gasteiger partial charge in [-0.25, -0.2) is 0 Å². The first kappa shape index (κ1) is 23.7. The number of aliphatic carboxylic acids is 2. The van der Waals surface area contributed by atoms with Crippen molar-refractivity contribution in [2.75, 3.05) is 14.2 Å². The zero-order valence-electron chi connectivity index (χ0n) is 13.8. The van der Waals surface area contributed by atoms with Crippen molar-refractivity contribution in [3.05, 3.63) is 11.6 Å². The summed E-state index contributed by atoms with van der Waals surface area (Å²) in [6.45, 7) is 4.58. The Morgan fingerprint density at radius 3 is 1.77 bits per heavy atom. The molecule has 126 valence electrons. The van der Waals surface area contributed by atoms with Gasteiger partial charge in [0.05, 0.1) is 11.9 Å². The van der Waals surface area contributed by atoms with E-state index in [0.29, 0.717) is 6.08 Å². The second-order valence-corrected chi connectivity index (χ2v) is 8.75. The van der Waals surface area contributed by atoms with E-state index in [-0.39, 0.29) is 21.1 Å². The Morgan fingerprint density at radius 1 is 1.05 bits per heavy atom. The number of unbranched alkanes of at least 4 members (excludes halogenated alkanes) is 2. The molecule has 0 aromatic rings. The molecule has 22 heavy (non-hydrogen) atoms. The molecule has 0 rings (SSSR count). The summed E-state index contributed by atoms with van der Waals surface area (Å²) < 4.78 is 12.3. The van der Waals surface area contributed by atoms with E-state index in [1.807, 2.05) is 0 Å². The third-order valence-corrected chi connectivity index (χ3v) is 6.64. The fourth-order valence-corrected chi connectivity index (χ4v) is 5.59. The van der Waals surface area contributed by atoms with Crippen LogP contribution in [0.15, 0.2) is 11.6 Å². The summed E-state index contributed by atoms with van der Waals surface area (Å²) in [4.78, 5) is 20.4. The fraction of sp³-hybridized carbons (Fsp3) is 0.733. The minimum Gasteiger partial charge on any atom is -0.545 e. The van der Waals surface area contributed by atoms with Crippen molar-refractivity contribution >= 4 is 33.1 Å². The molecule has 0 aromatic carbocycles. The monoisotopic (exact) mass is 422 g/mol. The Balaban J connectivity index is 0. The van der Waals surface area contributed by atoms with Crippen molar-refractivity contribution in [2.45, 2.75) is 54.7 Å². The first-order valence-electron chi connectivity index (χ1n) is 7.34. The van der Waals surface area contributed by atoms with Crippen LogP contribution in [0.2, 0.25) is 8.87 Å². The zero-order chi connectivity index (χ0) is 17.4. The molecule has 0 unspecified atom stereocenters. The van der Waals surface area contributed by atoms with Gasteiger partial charge in [0.1, 0.15) is 0 Å². The minimum atomic E-state index is -1.68. The second kappa shape index (κ2) is 16.8. The van der Waals surface area contributed by atoms with E-state index in [2.05, 4.69) is 23.3 Å². The van der Waals surface area contributed by atoms with E-state index in [1.165, 1.54) is 39.9 Å². The van der Waals surface area contributed by atoms with E-state index < -0.39 is 23.8 Å². The van der Waals surface area contributed by atoms with Gasteiger partial charge in [0.25, 0.3) is 0 Å². The van der Waals surface area contributed by atoms with Gasteiger partial charge in [-0.3, -0.25) is 0 Å². The molecule has 6 nitrogen and oxygen atoms in total. The number of rotatable bonds is 11. The molecule has 0 N–H and O–H groups in total. The van der Waals surface area contributed by atoms with Crippen LogP contribution < -0.4 is 10.2 Å². The van der Waals surface area contributed by atoms with Crippen molar-refractivity contribution in [2.24, 2.45) is 0 Å². The number of carbonyl (C=O) groups is 2. The maximum atomic E-state index is 10.4. The minimum absolute atomic E-state index is 0.149. The third-order valence-electron chi connectivity index (χ3n) is 2.61. The molecule has 7 heteroatoms. The summed E-state index contributed by atoms with van der Waals surface area (Å²) in [5, 5.41) is 20.4. The topological polar surface area (TPSA) is 98.7 Å². The summed E-state index contributed by atoms with van der Waals surface area (Å²) in [5.41, 5.74) is -0.634. The molecule has 0 aromatic heterocycles. The summed E-state index contributed by atoms with van der Waals surface area (Å²) in [6.07, 6.45) is 4.92. The summed E-state index contributed by atoms with van der Waals surface area (Å²) in [6, 6.07) is 0. The fourth-order valence-electron chi connectivity index (χ4n) is 1.43. The van der Waals surface area contributed by atoms with E-state index in [4.69, 9.17) is 0 Å². The van der Waals surface area contributed by atoms with Crippen LogP contribution in [-0.4, -0.2) is 53.6 Å². The first-order valence-corrected chi connectivity index (χ1v) is 11.4. The number of hydrogen-bond donors (Lipinski definition) is 0. The Hall–Kier alpha value is -0.601. The Labute approximate surface area is 143 Å². The van der Waals surface area contributed by atoms with Crippen LogP contribution in [0.4, 0.5) is 0 Å². The Kier molecular flexibility index (Phi) is 18.0. The third kappa shape index (κ3) is 14.3. The molecule has 0 aliphatic heterocycles.